The van der Waals surface area contributed by atoms with Crippen LogP contribution in [0.15, 0.2) is 18.2 Å². The molecule has 0 atom stereocenters. The Hall–Kier alpha value is -1.66. The molecule has 1 aromatic carbocycles. The van der Waals surface area contributed by atoms with E-state index in [1.165, 1.54) is 12.1 Å². The van der Waals surface area contributed by atoms with E-state index in [0.29, 0.717) is 19.4 Å². The zero-order valence-electron chi connectivity index (χ0n) is 9.17. The number of hydrogen-bond acceptors (Lipinski definition) is 5. The molecule has 0 aliphatic heterocycles. The second-order valence-corrected chi connectivity index (χ2v) is 4.51. The first-order valence-corrected chi connectivity index (χ1v) is 5.34. The maximum absolute atomic E-state index is 10.6. The Labute approximate surface area is 97.8 Å². The van der Waals surface area contributed by atoms with Crippen LogP contribution < -0.4 is 5.73 Å². The minimum atomic E-state index is -0.635. The predicted octanol–water partition coefficient (Wildman–Crippen LogP) is 0.652. The summed E-state index contributed by atoms with van der Waals surface area (Å²) in [5.74, 6) is -0.360. The quantitative estimate of drug-likeness (QED) is 0.529. The molecule has 0 heterocycles. The van der Waals surface area contributed by atoms with Crippen molar-refractivity contribution < 1.29 is 15.1 Å². The van der Waals surface area contributed by atoms with Gasteiger partial charge in [0.25, 0.3) is 0 Å². The third-order valence-electron chi connectivity index (χ3n) is 3.43. The normalized spacial score (nSPS) is 27.5. The summed E-state index contributed by atoms with van der Waals surface area (Å²) in [6.45, 7) is 0.349. The number of phenolic OH excluding ortho intramolecular Hbond substituents is 1. The smallest absolute Gasteiger partial charge is 0.310 e. The van der Waals surface area contributed by atoms with Crippen LogP contribution in [-0.4, -0.2) is 27.8 Å². The van der Waals surface area contributed by atoms with Gasteiger partial charge in [0.1, 0.15) is 0 Å². The molecule has 6 nitrogen and oxygen atoms in total. The Kier molecular flexibility index (Phi) is 2.76. The molecule has 1 fully saturated rings. The average Bonchev–Trinajstić information content (AvgIpc) is 2.23. The van der Waals surface area contributed by atoms with Crippen molar-refractivity contribution in [2.75, 3.05) is 6.54 Å². The van der Waals surface area contributed by atoms with Crippen LogP contribution in [0.3, 0.4) is 0 Å². The van der Waals surface area contributed by atoms with Gasteiger partial charge < -0.3 is 15.9 Å². The monoisotopic (exact) mass is 238 g/mol. The highest BCUT2D eigenvalue weighted by Gasteiger charge is 2.44. The van der Waals surface area contributed by atoms with E-state index in [4.69, 9.17) is 5.73 Å². The van der Waals surface area contributed by atoms with Crippen LogP contribution in [0.1, 0.15) is 18.4 Å². The van der Waals surface area contributed by atoms with Crippen molar-refractivity contribution in [3.8, 4) is 5.75 Å². The Morgan fingerprint density at radius 3 is 2.59 bits per heavy atom. The first kappa shape index (κ1) is 11.8. The van der Waals surface area contributed by atoms with Crippen LogP contribution >= 0.6 is 0 Å². The lowest BCUT2D eigenvalue weighted by Gasteiger charge is -2.45. The van der Waals surface area contributed by atoms with Gasteiger partial charge in [-0.25, -0.2) is 0 Å². The van der Waals surface area contributed by atoms with E-state index < -0.39 is 4.92 Å². The summed E-state index contributed by atoms with van der Waals surface area (Å²) in [5, 5.41) is 29.5. The highest BCUT2D eigenvalue weighted by molar-refractivity contribution is 5.49. The fraction of sp³-hybridized carbons (Fsp3) is 0.455. The summed E-state index contributed by atoms with van der Waals surface area (Å²) < 4.78 is 0. The van der Waals surface area contributed by atoms with E-state index in [0.717, 1.165) is 5.56 Å². The fourth-order valence-corrected chi connectivity index (χ4v) is 2.37. The van der Waals surface area contributed by atoms with Gasteiger partial charge in [0, 0.05) is 18.0 Å². The highest BCUT2D eigenvalue weighted by Crippen LogP contribution is 2.44. The number of nitrogens with two attached hydrogens (primary N) is 1. The molecule has 92 valence electrons. The first-order valence-electron chi connectivity index (χ1n) is 5.34. The van der Waals surface area contributed by atoms with Gasteiger partial charge in [0.2, 0.25) is 0 Å². The Balaban J connectivity index is 2.34. The third-order valence-corrected chi connectivity index (χ3v) is 3.43. The van der Waals surface area contributed by atoms with Gasteiger partial charge in [-0.15, -0.1) is 0 Å². The molecule has 6 heteroatoms. The number of benzene rings is 1. The van der Waals surface area contributed by atoms with Crippen LogP contribution in [0.5, 0.6) is 5.75 Å². The van der Waals surface area contributed by atoms with Crippen molar-refractivity contribution in [1.29, 1.82) is 0 Å². The van der Waals surface area contributed by atoms with Crippen molar-refractivity contribution in [3.63, 3.8) is 0 Å². The molecule has 1 aromatic rings. The Morgan fingerprint density at radius 1 is 1.53 bits per heavy atom. The first-order chi connectivity index (χ1) is 7.98. The molecule has 1 aliphatic carbocycles. The maximum atomic E-state index is 10.6. The molecule has 1 saturated carbocycles. The van der Waals surface area contributed by atoms with Gasteiger partial charge in [-0.05, 0) is 24.5 Å². The number of rotatable bonds is 3. The van der Waals surface area contributed by atoms with Crippen molar-refractivity contribution in [2.24, 2.45) is 5.73 Å². The van der Waals surface area contributed by atoms with E-state index in [9.17, 15) is 20.3 Å². The molecule has 0 amide bonds. The molecular weight excluding hydrogens is 224 g/mol. The maximum Gasteiger partial charge on any atom is 0.310 e. The number of aliphatic hydroxyl groups excluding tert-OH is 1. The number of hydrogen-bond donors (Lipinski definition) is 3. The van der Waals surface area contributed by atoms with E-state index in [2.05, 4.69) is 0 Å². The molecule has 0 aromatic heterocycles. The highest BCUT2D eigenvalue weighted by atomic mass is 16.6. The Morgan fingerprint density at radius 2 is 2.18 bits per heavy atom. The minimum absolute atomic E-state index is 0.319. The van der Waals surface area contributed by atoms with Crippen molar-refractivity contribution in [2.45, 2.75) is 24.4 Å². The van der Waals surface area contributed by atoms with Gasteiger partial charge in [-0.3, -0.25) is 10.1 Å². The summed E-state index contributed by atoms with van der Waals surface area (Å²) >= 11 is 0. The predicted molar refractivity (Wildman–Crippen MR) is 60.7 cm³/mol. The van der Waals surface area contributed by atoms with Gasteiger partial charge in [0.05, 0.1) is 11.0 Å². The van der Waals surface area contributed by atoms with E-state index >= 15 is 0 Å². The van der Waals surface area contributed by atoms with Crippen LogP contribution in [0.25, 0.3) is 0 Å². The molecule has 17 heavy (non-hydrogen) atoms. The molecule has 4 N–H and O–H groups in total. The lowest BCUT2D eigenvalue weighted by atomic mass is 9.63. The van der Waals surface area contributed by atoms with Crippen LogP contribution in [-0.2, 0) is 5.41 Å². The van der Waals surface area contributed by atoms with Gasteiger partial charge in [-0.1, -0.05) is 6.07 Å². The summed E-state index contributed by atoms with van der Waals surface area (Å²) in [6, 6.07) is 4.24. The molecule has 0 spiro atoms. The third kappa shape index (κ3) is 1.85. The van der Waals surface area contributed by atoms with Gasteiger partial charge in [0.15, 0.2) is 5.75 Å². The number of aromatic hydroxyl groups is 1. The number of nitrogens with zero attached hydrogens (tertiary/aromatic N) is 1. The van der Waals surface area contributed by atoms with Gasteiger partial charge >= 0.3 is 5.69 Å². The number of nitro groups is 1. The minimum Gasteiger partial charge on any atom is -0.502 e. The molecule has 0 unspecified atom stereocenters. The van der Waals surface area contributed by atoms with Crippen LogP contribution in [0, 0.1) is 10.1 Å². The molecule has 0 saturated heterocycles. The fourth-order valence-electron chi connectivity index (χ4n) is 2.37. The molecular formula is C11H14N2O4. The molecule has 0 bridgehead atoms. The second kappa shape index (κ2) is 3.97. The second-order valence-electron chi connectivity index (χ2n) is 4.51. The topological polar surface area (TPSA) is 110 Å². The molecule has 2 rings (SSSR count). The standard InChI is InChI=1S/C11H14N2O4/c12-6-11(4-8(14)5-11)7-1-2-9(13(16)17)10(15)3-7/h1-3,8,14-15H,4-6,12H2. The average molecular weight is 238 g/mol. The van der Waals surface area contributed by atoms with E-state index in [-0.39, 0.29) is 23.0 Å². The summed E-state index contributed by atoms with van der Waals surface area (Å²) in [7, 11) is 0. The lowest BCUT2D eigenvalue weighted by molar-refractivity contribution is -0.385. The number of nitro benzene ring substituents is 1. The van der Waals surface area contributed by atoms with Gasteiger partial charge in [-0.2, -0.15) is 0 Å². The van der Waals surface area contributed by atoms with Crippen LogP contribution in [0.2, 0.25) is 0 Å². The number of aliphatic hydroxyl groups is 1. The Bertz CT molecular complexity index is 455. The number of phenols is 1. The zero-order chi connectivity index (χ0) is 12.6. The summed E-state index contributed by atoms with van der Waals surface area (Å²) in [4.78, 5) is 9.93. The summed E-state index contributed by atoms with van der Waals surface area (Å²) in [5.41, 5.74) is 5.75. The zero-order valence-corrected chi connectivity index (χ0v) is 9.17. The molecule has 1 aliphatic rings. The largest absolute Gasteiger partial charge is 0.502 e. The van der Waals surface area contributed by atoms with E-state index in [1.54, 1.807) is 6.07 Å². The van der Waals surface area contributed by atoms with Crippen molar-refractivity contribution >= 4 is 5.69 Å². The van der Waals surface area contributed by atoms with Crippen molar-refractivity contribution in [3.05, 3.63) is 33.9 Å². The van der Waals surface area contributed by atoms with Crippen LogP contribution in [0.4, 0.5) is 5.69 Å². The van der Waals surface area contributed by atoms with Crippen molar-refractivity contribution in [1.82, 2.24) is 0 Å². The lowest BCUT2D eigenvalue weighted by Crippen LogP contribution is -2.49. The summed E-state index contributed by atoms with van der Waals surface area (Å²) in [6.07, 6.45) is 0.678. The van der Waals surface area contributed by atoms with E-state index in [1.807, 2.05) is 0 Å². The SMILES string of the molecule is NCC1(c2ccc([N+](=O)[O-])c(O)c2)CC(O)C1. The molecule has 0 radical (unpaired) electrons.